The molecule has 0 amide bonds. The summed E-state index contributed by atoms with van der Waals surface area (Å²) in [6.07, 6.45) is 2.62. The van der Waals surface area contributed by atoms with Gasteiger partial charge in [0.05, 0.1) is 13.1 Å². The molecule has 1 saturated heterocycles. The van der Waals surface area contributed by atoms with E-state index in [2.05, 4.69) is 33.6 Å². The maximum Gasteiger partial charge on any atom is 0.387 e. The van der Waals surface area contributed by atoms with Crippen molar-refractivity contribution in [2.75, 3.05) is 18.4 Å². The molecule has 1 heterocycles. The number of benzene rings is 2. The number of halogens is 2. The van der Waals surface area contributed by atoms with Crippen molar-refractivity contribution in [3.8, 4) is 5.75 Å². The molecule has 0 unspecified atom stereocenters. The minimum atomic E-state index is -2.82. The lowest BCUT2D eigenvalue weighted by atomic mass is 10.1. The number of thiocarbonyl (C=S) groups is 1. The van der Waals surface area contributed by atoms with Gasteiger partial charge in [-0.3, -0.25) is 0 Å². The Hall–Kier alpha value is -2.25. The van der Waals surface area contributed by atoms with E-state index in [1.165, 1.54) is 49.2 Å². The first kappa shape index (κ1) is 19.5. The molecule has 0 aromatic heterocycles. The molecule has 0 spiro atoms. The lowest BCUT2D eigenvalue weighted by molar-refractivity contribution is -0.901. The summed E-state index contributed by atoms with van der Waals surface area (Å²) in [7, 11) is 0. The number of rotatable bonds is 7. The van der Waals surface area contributed by atoms with Gasteiger partial charge in [-0.05, 0) is 42.0 Å². The number of nitrogens with one attached hydrogen (secondary N) is 3. The van der Waals surface area contributed by atoms with Crippen LogP contribution in [-0.4, -0.2) is 24.8 Å². The van der Waals surface area contributed by atoms with Crippen LogP contribution < -0.4 is 20.3 Å². The highest BCUT2D eigenvalue weighted by Gasteiger charge is 2.17. The molecule has 0 radical (unpaired) electrons. The van der Waals surface area contributed by atoms with E-state index >= 15 is 0 Å². The molecule has 1 fully saturated rings. The van der Waals surface area contributed by atoms with Gasteiger partial charge in [0.25, 0.3) is 0 Å². The first-order valence-electron chi connectivity index (χ1n) is 9.10. The number of hydrogen-bond donors (Lipinski definition) is 3. The molecule has 0 aliphatic carbocycles. The van der Waals surface area contributed by atoms with Crippen LogP contribution in [0.2, 0.25) is 0 Å². The molecule has 1 aliphatic heterocycles. The van der Waals surface area contributed by atoms with Crippen LogP contribution >= 0.6 is 12.2 Å². The van der Waals surface area contributed by atoms with Gasteiger partial charge in [0.15, 0.2) is 5.11 Å². The summed E-state index contributed by atoms with van der Waals surface area (Å²) in [6.45, 7) is 1.35. The van der Waals surface area contributed by atoms with Gasteiger partial charge >= 0.3 is 6.61 Å². The monoisotopic (exact) mass is 392 g/mol. The van der Waals surface area contributed by atoms with Gasteiger partial charge in [0.2, 0.25) is 0 Å². The minimum Gasteiger partial charge on any atom is -0.435 e. The number of anilines is 1. The highest BCUT2D eigenvalue weighted by atomic mass is 32.1. The predicted molar refractivity (Wildman–Crippen MR) is 106 cm³/mol. The zero-order chi connectivity index (χ0) is 19.1. The summed E-state index contributed by atoms with van der Waals surface area (Å²) in [5, 5.41) is 6.76. The molecule has 4 nitrogen and oxygen atoms in total. The van der Waals surface area contributed by atoms with Crippen molar-refractivity contribution in [2.45, 2.75) is 32.5 Å². The standard InChI is InChI=1S/C20H23F2N3OS/c21-19(22)26-18-9-7-17(8-10-18)24-20(27)23-13-15-5-1-2-6-16(15)14-25-11-3-4-12-25/h1-2,5-10,19H,3-4,11-14H2,(H2,23,24,27)/p+1. The third-order valence-electron chi connectivity index (χ3n) is 4.65. The molecule has 0 saturated carbocycles. The summed E-state index contributed by atoms with van der Waals surface area (Å²) in [5.41, 5.74) is 3.30. The average molecular weight is 392 g/mol. The third kappa shape index (κ3) is 6.15. The lowest BCUT2D eigenvalue weighted by Crippen LogP contribution is -3.08. The Bertz CT molecular complexity index is 749. The van der Waals surface area contributed by atoms with Crippen LogP contribution in [0.4, 0.5) is 14.5 Å². The summed E-state index contributed by atoms with van der Waals surface area (Å²) in [4.78, 5) is 1.63. The summed E-state index contributed by atoms with van der Waals surface area (Å²) < 4.78 is 28.7. The van der Waals surface area contributed by atoms with Gasteiger partial charge in [0.1, 0.15) is 12.3 Å². The lowest BCUT2D eigenvalue weighted by Gasteiger charge is -2.16. The quantitative estimate of drug-likeness (QED) is 0.634. The smallest absolute Gasteiger partial charge is 0.387 e. The van der Waals surface area contributed by atoms with E-state index in [4.69, 9.17) is 12.2 Å². The van der Waals surface area contributed by atoms with Gasteiger partial charge in [-0.2, -0.15) is 8.78 Å². The number of alkyl halides is 2. The molecular weight excluding hydrogens is 368 g/mol. The van der Waals surface area contributed by atoms with Crippen molar-refractivity contribution in [3.63, 3.8) is 0 Å². The Kier molecular flexibility index (Phi) is 6.95. The Balaban J connectivity index is 1.51. The molecule has 7 heteroatoms. The van der Waals surface area contributed by atoms with E-state index in [1.54, 1.807) is 17.0 Å². The fourth-order valence-corrected chi connectivity index (χ4v) is 3.48. The maximum absolute atomic E-state index is 12.2. The Morgan fingerprint density at radius 2 is 1.70 bits per heavy atom. The third-order valence-corrected chi connectivity index (χ3v) is 4.89. The van der Waals surface area contributed by atoms with E-state index in [1.807, 2.05) is 6.07 Å². The molecule has 3 rings (SSSR count). The van der Waals surface area contributed by atoms with Crippen LogP contribution in [0.25, 0.3) is 0 Å². The van der Waals surface area contributed by atoms with Crippen molar-refractivity contribution in [2.24, 2.45) is 0 Å². The van der Waals surface area contributed by atoms with Crippen LogP contribution in [0.15, 0.2) is 48.5 Å². The fraction of sp³-hybridized carbons (Fsp3) is 0.350. The van der Waals surface area contributed by atoms with Crippen molar-refractivity contribution in [1.29, 1.82) is 0 Å². The van der Waals surface area contributed by atoms with E-state index in [-0.39, 0.29) is 5.75 Å². The second-order valence-electron chi connectivity index (χ2n) is 6.61. The Morgan fingerprint density at radius 1 is 1.04 bits per heavy atom. The molecule has 1 aliphatic rings. The first-order chi connectivity index (χ1) is 13.1. The Morgan fingerprint density at radius 3 is 2.37 bits per heavy atom. The topological polar surface area (TPSA) is 37.7 Å². The SMILES string of the molecule is FC(F)Oc1ccc(NC(=S)NCc2ccccc2C[NH+]2CCCC2)cc1. The first-order valence-corrected chi connectivity index (χ1v) is 9.51. The van der Waals surface area contributed by atoms with Crippen LogP contribution in [0.5, 0.6) is 5.75 Å². The van der Waals surface area contributed by atoms with Crippen LogP contribution in [0.3, 0.4) is 0 Å². The van der Waals surface area contributed by atoms with Crippen LogP contribution in [0, 0.1) is 0 Å². The molecule has 144 valence electrons. The molecule has 2 aromatic carbocycles. The Labute approximate surface area is 163 Å². The van der Waals surface area contributed by atoms with Crippen molar-refractivity contribution in [1.82, 2.24) is 5.32 Å². The van der Waals surface area contributed by atoms with E-state index in [0.29, 0.717) is 17.3 Å². The summed E-state index contributed by atoms with van der Waals surface area (Å²) >= 11 is 5.35. The van der Waals surface area contributed by atoms with Crippen molar-refractivity contribution >= 4 is 23.0 Å². The van der Waals surface area contributed by atoms with Gasteiger partial charge in [-0.15, -0.1) is 0 Å². The van der Waals surface area contributed by atoms with E-state index in [0.717, 1.165) is 6.54 Å². The summed E-state index contributed by atoms with van der Waals surface area (Å²) in [6, 6.07) is 14.7. The zero-order valence-corrected chi connectivity index (χ0v) is 15.8. The highest BCUT2D eigenvalue weighted by Crippen LogP contribution is 2.17. The normalized spacial score (nSPS) is 14.3. The van der Waals surface area contributed by atoms with Gasteiger partial charge in [-0.1, -0.05) is 24.3 Å². The molecule has 27 heavy (non-hydrogen) atoms. The maximum atomic E-state index is 12.2. The zero-order valence-electron chi connectivity index (χ0n) is 15.0. The van der Waals surface area contributed by atoms with Gasteiger partial charge in [-0.25, -0.2) is 0 Å². The van der Waals surface area contributed by atoms with E-state index < -0.39 is 6.61 Å². The fourth-order valence-electron chi connectivity index (χ4n) is 3.29. The number of hydrogen-bond acceptors (Lipinski definition) is 2. The van der Waals surface area contributed by atoms with Gasteiger partial charge in [0, 0.05) is 30.6 Å². The largest absolute Gasteiger partial charge is 0.435 e. The van der Waals surface area contributed by atoms with Gasteiger partial charge < -0.3 is 20.3 Å². The molecule has 3 N–H and O–H groups in total. The average Bonchev–Trinajstić information content (AvgIpc) is 3.15. The molecule has 0 atom stereocenters. The van der Waals surface area contributed by atoms with E-state index in [9.17, 15) is 8.78 Å². The van der Waals surface area contributed by atoms with Crippen molar-refractivity contribution < 1.29 is 18.4 Å². The number of likely N-dealkylation sites (tertiary alicyclic amines) is 1. The number of quaternary nitrogens is 1. The number of ether oxygens (including phenoxy) is 1. The highest BCUT2D eigenvalue weighted by molar-refractivity contribution is 7.80. The van der Waals surface area contributed by atoms with Crippen LogP contribution in [-0.2, 0) is 13.1 Å². The second kappa shape index (κ2) is 9.62. The second-order valence-corrected chi connectivity index (χ2v) is 7.02. The molecular formula is C20H24F2N3OS+. The molecule has 2 aromatic rings. The van der Waals surface area contributed by atoms with Crippen molar-refractivity contribution in [3.05, 3.63) is 59.7 Å². The minimum absolute atomic E-state index is 0.118. The predicted octanol–water partition coefficient (Wildman–Crippen LogP) is 2.95. The van der Waals surface area contributed by atoms with Crippen LogP contribution in [0.1, 0.15) is 24.0 Å². The summed E-state index contributed by atoms with van der Waals surface area (Å²) in [5.74, 6) is 0.118. The molecule has 0 bridgehead atoms.